The SMILES string of the molecule is O=C(c1cc(-c2ccc(Cl)cc2)n(-c2ccccc2Cl)n1)N1CCC(c2cc(Cl)cc(Cl)c2)CC1. The van der Waals surface area contributed by atoms with E-state index in [9.17, 15) is 4.79 Å². The number of amides is 1. The summed E-state index contributed by atoms with van der Waals surface area (Å²) in [6, 6.07) is 22.3. The molecule has 8 heteroatoms. The highest BCUT2D eigenvalue weighted by atomic mass is 35.5. The highest BCUT2D eigenvalue weighted by molar-refractivity contribution is 6.34. The van der Waals surface area contributed by atoms with Gasteiger partial charge in [0.05, 0.1) is 16.4 Å². The Bertz CT molecular complexity index is 1360. The van der Waals surface area contributed by atoms with Gasteiger partial charge in [-0.1, -0.05) is 70.7 Å². The molecule has 35 heavy (non-hydrogen) atoms. The Hall–Kier alpha value is -2.50. The third-order valence-corrected chi connectivity index (χ3v) is 7.30. The van der Waals surface area contributed by atoms with Crippen molar-refractivity contribution in [1.82, 2.24) is 14.7 Å². The smallest absolute Gasteiger partial charge is 0.274 e. The molecule has 0 aliphatic carbocycles. The molecule has 1 amide bonds. The van der Waals surface area contributed by atoms with E-state index in [1.165, 1.54) is 0 Å². The normalized spacial score (nSPS) is 14.3. The fourth-order valence-corrected chi connectivity index (χ4v) is 5.39. The number of carbonyl (C=O) groups excluding carboxylic acids is 1. The molecule has 1 aliphatic rings. The summed E-state index contributed by atoms with van der Waals surface area (Å²) in [5, 5.41) is 7.13. The van der Waals surface area contributed by atoms with E-state index in [1.807, 2.05) is 65.6 Å². The molecule has 1 aliphatic heterocycles. The molecule has 0 radical (unpaired) electrons. The van der Waals surface area contributed by atoms with Gasteiger partial charge in [0.1, 0.15) is 0 Å². The van der Waals surface area contributed by atoms with E-state index in [1.54, 1.807) is 16.8 Å². The summed E-state index contributed by atoms with van der Waals surface area (Å²) in [6.07, 6.45) is 1.66. The van der Waals surface area contributed by atoms with Crippen LogP contribution in [-0.2, 0) is 0 Å². The Morgan fingerprint density at radius 2 is 1.46 bits per heavy atom. The highest BCUT2D eigenvalue weighted by Gasteiger charge is 2.27. The number of para-hydroxylation sites is 1. The number of hydrogen-bond donors (Lipinski definition) is 0. The van der Waals surface area contributed by atoms with E-state index in [4.69, 9.17) is 46.4 Å². The molecule has 5 rings (SSSR count). The molecule has 178 valence electrons. The Balaban J connectivity index is 1.42. The first-order chi connectivity index (χ1) is 16.9. The Labute approximate surface area is 224 Å². The van der Waals surface area contributed by atoms with Crippen molar-refractivity contribution in [2.75, 3.05) is 13.1 Å². The lowest BCUT2D eigenvalue weighted by Crippen LogP contribution is -2.38. The van der Waals surface area contributed by atoms with Gasteiger partial charge in [-0.05, 0) is 72.9 Å². The van der Waals surface area contributed by atoms with Gasteiger partial charge in [0.15, 0.2) is 5.69 Å². The Morgan fingerprint density at radius 1 is 0.800 bits per heavy atom. The van der Waals surface area contributed by atoms with Crippen molar-refractivity contribution < 1.29 is 4.79 Å². The topological polar surface area (TPSA) is 38.1 Å². The third-order valence-electron chi connectivity index (χ3n) is 6.29. The second-order valence-electron chi connectivity index (χ2n) is 8.55. The second kappa shape index (κ2) is 10.2. The molecule has 4 aromatic rings. The van der Waals surface area contributed by atoms with Crippen molar-refractivity contribution in [2.24, 2.45) is 0 Å². The molecular formula is C27H21Cl4N3O. The molecule has 0 atom stereocenters. The molecule has 1 aromatic heterocycles. The monoisotopic (exact) mass is 543 g/mol. The molecule has 2 heterocycles. The minimum Gasteiger partial charge on any atom is -0.337 e. The zero-order valence-corrected chi connectivity index (χ0v) is 21.6. The van der Waals surface area contributed by atoms with E-state index in [-0.39, 0.29) is 5.91 Å². The first kappa shape index (κ1) is 24.2. The van der Waals surface area contributed by atoms with Gasteiger partial charge < -0.3 is 4.90 Å². The van der Waals surface area contributed by atoms with Gasteiger partial charge in [0.2, 0.25) is 0 Å². The quantitative estimate of drug-likeness (QED) is 0.260. The number of likely N-dealkylation sites (tertiary alicyclic amines) is 1. The number of rotatable bonds is 4. The van der Waals surface area contributed by atoms with Crippen molar-refractivity contribution >= 4 is 52.3 Å². The minimum atomic E-state index is -0.103. The second-order valence-corrected chi connectivity index (χ2v) is 10.3. The van der Waals surface area contributed by atoms with Crippen LogP contribution in [0.2, 0.25) is 20.1 Å². The highest BCUT2D eigenvalue weighted by Crippen LogP contribution is 2.33. The van der Waals surface area contributed by atoms with Crippen LogP contribution in [0.4, 0.5) is 0 Å². The summed E-state index contributed by atoms with van der Waals surface area (Å²) in [4.78, 5) is 15.3. The molecule has 0 unspecified atom stereocenters. The third kappa shape index (κ3) is 5.22. The van der Waals surface area contributed by atoms with Crippen LogP contribution in [0.1, 0.15) is 34.8 Å². The van der Waals surface area contributed by atoms with Crippen LogP contribution in [0.15, 0.2) is 72.8 Å². The number of aromatic nitrogens is 2. The van der Waals surface area contributed by atoms with Crippen molar-refractivity contribution in [3.05, 3.63) is 104 Å². The lowest BCUT2D eigenvalue weighted by molar-refractivity contribution is 0.0706. The lowest BCUT2D eigenvalue weighted by Gasteiger charge is -2.32. The molecule has 0 bridgehead atoms. The predicted octanol–water partition coefficient (Wildman–Crippen LogP) is 8.17. The summed E-state index contributed by atoms with van der Waals surface area (Å²) in [7, 11) is 0. The fourth-order valence-electron chi connectivity index (χ4n) is 4.51. The number of halogens is 4. The van der Waals surface area contributed by atoms with Crippen LogP contribution in [0.25, 0.3) is 16.9 Å². The van der Waals surface area contributed by atoms with Crippen LogP contribution in [0, 0.1) is 0 Å². The van der Waals surface area contributed by atoms with Crippen LogP contribution in [0.5, 0.6) is 0 Å². The zero-order valence-electron chi connectivity index (χ0n) is 18.6. The largest absolute Gasteiger partial charge is 0.337 e. The van der Waals surface area contributed by atoms with Gasteiger partial charge in [-0.15, -0.1) is 0 Å². The molecule has 0 saturated carbocycles. The standard InChI is InChI=1S/C27H21Cl4N3O/c28-20-7-5-18(6-8-20)26-16-24(32-34(26)25-4-2-1-3-23(25)31)27(35)33-11-9-17(10-12-33)19-13-21(29)15-22(30)14-19/h1-8,13-17H,9-12H2. The number of nitrogens with zero attached hydrogens (tertiary/aromatic N) is 3. The molecular weight excluding hydrogens is 524 g/mol. The maximum Gasteiger partial charge on any atom is 0.274 e. The summed E-state index contributed by atoms with van der Waals surface area (Å²) in [5.74, 6) is 0.203. The minimum absolute atomic E-state index is 0.103. The number of benzene rings is 3. The zero-order chi connectivity index (χ0) is 24.5. The van der Waals surface area contributed by atoms with E-state index < -0.39 is 0 Å². The number of hydrogen-bond acceptors (Lipinski definition) is 2. The summed E-state index contributed by atoms with van der Waals surface area (Å²) in [6.45, 7) is 1.26. The Morgan fingerprint density at radius 3 is 2.11 bits per heavy atom. The number of carbonyl (C=O) groups is 1. The maximum atomic E-state index is 13.5. The van der Waals surface area contributed by atoms with Crippen LogP contribution in [0.3, 0.4) is 0 Å². The van der Waals surface area contributed by atoms with Gasteiger partial charge in [-0.25, -0.2) is 4.68 Å². The van der Waals surface area contributed by atoms with Gasteiger partial charge >= 0.3 is 0 Å². The first-order valence-electron chi connectivity index (χ1n) is 11.3. The van der Waals surface area contributed by atoms with Crippen LogP contribution < -0.4 is 0 Å². The average Bonchev–Trinajstić information content (AvgIpc) is 3.29. The van der Waals surface area contributed by atoms with Crippen molar-refractivity contribution in [1.29, 1.82) is 0 Å². The van der Waals surface area contributed by atoms with Crippen molar-refractivity contribution in [2.45, 2.75) is 18.8 Å². The van der Waals surface area contributed by atoms with E-state index >= 15 is 0 Å². The van der Waals surface area contributed by atoms with Crippen LogP contribution in [-0.4, -0.2) is 33.7 Å². The van der Waals surface area contributed by atoms with Crippen molar-refractivity contribution in [3.63, 3.8) is 0 Å². The molecule has 4 nitrogen and oxygen atoms in total. The predicted molar refractivity (Wildman–Crippen MR) is 143 cm³/mol. The van der Waals surface area contributed by atoms with Crippen molar-refractivity contribution in [3.8, 4) is 16.9 Å². The molecule has 0 N–H and O–H groups in total. The van der Waals surface area contributed by atoms with Crippen LogP contribution >= 0.6 is 46.4 Å². The summed E-state index contributed by atoms with van der Waals surface area (Å²) < 4.78 is 1.72. The molecule has 0 spiro atoms. The average molecular weight is 545 g/mol. The molecule has 1 fully saturated rings. The van der Waals surface area contributed by atoms with E-state index in [0.29, 0.717) is 50.5 Å². The Kier molecular flexibility index (Phi) is 7.08. The first-order valence-corrected chi connectivity index (χ1v) is 12.8. The van der Waals surface area contributed by atoms with Gasteiger partial charge in [-0.3, -0.25) is 4.79 Å². The maximum absolute atomic E-state index is 13.5. The van der Waals surface area contributed by atoms with Gasteiger partial charge in [0, 0.05) is 33.7 Å². The lowest BCUT2D eigenvalue weighted by atomic mass is 9.89. The van der Waals surface area contributed by atoms with E-state index in [2.05, 4.69) is 5.10 Å². The van der Waals surface area contributed by atoms with E-state index in [0.717, 1.165) is 29.7 Å². The number of piperidine rings is 1. The fraction of sp³-hybridized carbons (Fsp3) is 0.185. The summed E-state index contributed by atoms with van der Waals surface area (Å²) in [5.41, 5.74) is 3.84. The molecule has 1 saturated heterocycles. The van der Waals surface area contributed by atoms with Gasteiger partial charge in [0.25, 0.3) is 5.91 Å². The van der Waals surface area contributed by atoms with Gasteiger partial charge in [-0.2, -0.15) is 5.10 Å². The molecule has 3 aromatic carbocycles. The summed E-state index contributed by atoms with van der Waals surface area (Å²) >= 11 is 25.0.